The van der Waals surface area contributed by atoms with Crippen LogP contribution < -0.4 is 0 Å². The van der Waals surface area contributed by atoms with Gasteiger partial charge in [-0.3, -0.25) is 14.6 Å². The molecule has 0 saturated carbocycles. The largest absolute Gasteiger partial charge is 0.465 e. The maximum absolute atomic E-state index is 12.7. The number of pyridine rings is 1. The molecule has 1 aromatic carbocycles. The molecule has 0 amide bonds. The van der Waals surface area contributed by atoms with Crippen molar-refractivity contribution < 1.29 is 14.3 Å². The van der Waals surface area contributed by atoms with E-state index in [1.165, 1.54) is 11.1 Å². The molecule has 0 N–H and O–H groups in total. The van der Waals surface area contributed by atoms with Gasteiger partial charge in [0.1, 0.15) is 0 Å². The Morgan fingerprint density at radius 3 is 2.50 bits per heavy atom. The van der Waals surface area contributed by atoms with E-state index in [2.05, 4.69) is 39.0 Å². The van der Waals surface area contributed by atoms with Gasteiger partial charge in [-0.25, -0.2) is 0 Å². The lowest BCUT2D eigenvalue weighted by molar-refractivity contribution is -0.145. The van der Waals surface area contributed by atoms with E-state index < -0.39 is 0 Å². The molecule has 4 nitrogen and oxygen atoms in total. The van der Waals surface area contributed by atoms with Gasteiger partial charge in [-0.1, -0.05) is 57.9 Å². The molecule has 0 aliphatic heterocycles. The van der Waals surface area contributed by atoms with Gasteiger partial charge in [0, 0.05) is 17.2 Å². The van der Waals surface area contributed by atoms with Crippen molar-refractivity contribution in [3.63, 3.8) is 0 Å². The third kappa shape index (κ3) is 6.51. The summed E-state index contributed by atoms with van der Waals surface area (Å²) >= 11 is 0. The van der Waals surface area contributed by atoms with Crippen molar-refractivity contribution in [3.8, 4) is 0 Å². The molecule has 2 atom stereocenters. The molecule has 1 aromatic heterocycles. The molecular formula is C26H35NO3. The van der Waals surface area contributed by atoms with Crippen molar-refractivity contribution in [2.24, 2.45) is 11.8 Å². The summed E-state index contributed by atoms with van der Waals surface area (Å²) in [6.45, 7) is 12.8. The second-order valence-electron chi connectivity index (χ2n) is 8.80. The monoisotopic (exact) mass is 409 g/mol. The molecule has 30 heavy (non-hydrogen) atoms. The molecule has 4 heteroatoms. The van der Waals surface area contributed by atoms with Gasteiger partial charge in [-0.2, -0.15) is 0 Å². The fourth-order valence-corrected chi connectivity index (χ4v) is 3.58. The van der Waals surface area contributed by atoms with E-state index in [9.17, 15) is 9.59 Å². The highest BCUT2D eigenvalue weighted by molar-refractivity contribution is 5.78. The molecule has 2 aromatic rings. The molecule has 0 spiro atoms. The zero-order valence-corrected chi connectivity index (χ0v) is 19.2. The Bertz CT molecular complexity index is 873. The number of esters is 1. The SMILES string of the molecule is CC[C@@H](C)Cc1cc(C)ccc1[C@@H](CC(=O)OCC(C)C)c1nc(C)ccc1C=O. The summed E-state index contributed by atoms with van der Waals surface area (Å²) in [7, 11) is 0. The predicted octanol–water partition coefficient (Wildman–Crippen LogP) is 5.82. The van der Waals surface area contributed by atoms with Gasteiger partial charge in [-0.15, -0.1) is 0 Å². The van der Waals surface area contributed by atoms with Crippen LogP contribution in [0.5, 0.6) is 0 Å². The maximum atomic E-state index is 12.7. The van der Waals surface area contributed by atoms with E-state index in [-0.39, 0.29) is 24.2 Å². The molecule has 0 fully saturated rings. The van der Waals surface area contributed by atoms with Gasteiger partial charge in [0.2, 0.25) is 0 Å². The molecule has 1 heterocycles. The molecule has 162 valence electrons. The number of aldehydes is 1. The Balaban J connectivity index is 2.55. The maximum Gasteiger partial charge on any atom is 0.306 e. The van der Waals surface area contributed by atoms with Crippen LogP contribution in [0, 0.1) is 25.7 Å². The van der Waals surface area contributed by atoms with Crippen molar-refractivity contribution in [1.29, 1.82) is 0 Å². The molecule has 0 aliphatic carbocycles. The highest BCUT2D eigenvalue weighted by Crippen LogP contribution is 2.33. The first-order valence-electron chi connectivity index (χ1n) is 10.9. The average Bonchev–Trinajstić information content (AvgIpc) is 2.71. The molecular weight excluding hydrogens is 374 g/mol. The van der Waals surface area contributed by atoms with Gasteiger partial charge in [0.25, 0.3) is 0 Å². The quantitative estimate of drug-likeness (QED) is 0.366. The standard InChI is InChI=1S/C26H35NO3/c1-7-18(4)12-22-13-19(5)8-11-23(22)24(14-25(29)30-16-17(2)3)26-21(15-28)10-9-20(6)27-26/h8-11,13,15,17-18,24H,7,12,14,16H2,1-6H3/t18-,24-/m1/s1. The minimum absolute atomic E-state index is 0.167. The molecule has 0 aliphatic rings. The highest BCUT2D eigenvalue weighted by atomic mass is 16.5. The normalized spacial score (nSPS) is 13.2. The minimum Gasteiger partial charge on any atom is -0.465 e. The summed E-state index contributed by atoms with van der Waals surface area (Å²) in [5.41, 5.74) is 5.46. The van der Waals surface area contributed by atoms with Gasteiger partial charge in [0.05, 0.1) is 18.7 Å². The first-order chi connectivity index (χ1) is 14.2. The first-order valence-corrected chi connectivity index (χ1v) is 10.9. The molecule has 0 unspecified atom stereocenters. The fourth-order valence-electron chi connectivity index (χ4n) is 3.58. The van der Waals surface area contributed by atoms with E-state index in [4.69, 9.17) is 9.72 Å². The summed E-state index contributed by atoms with van der Waals surface area (Å²) in [6.07, 6.45) is 3.00. The summed E-state index contributed by atoms with van der Waals surface area (Å²) in [5.74, 6) is 0.221. The van der Waals surface area contributed by atoms with Gasteiger partial charge < -0.3 is 4.74 Å². The summed E-state index contributed by atoms with van der Waals surface area (Å²) in [6, 6.07) is 9.98. The van der Waals surface area contributed by atoms with Gasteiger partial charge in [-0.05, 0) is 55.4 Å². The van der Waals surface area contributed by atoms with Crippen molar-refractivity contribution in [2.75, 3.05) is 6.61 Å². The van der Waals surface area contributed by atoms with E-state index in [0.29, 0.717) is 23.8 Å². The smallest absolute Gasteiger partial charge is 0.306 e. The first kappa shape index (κ1) is 23.8. The number of benzene rings is 1. The lowest BCUT2D eigenvalue weighted by Crippen LogP contribution is -2.18. The van der Waals surface area contributed by atoms with Crippen LogP contribution in [0.2, 0.25) is 0 Å². The zero-order chi connectivity index (χ0) is 22.3. The van der Waals surface area contributed by atoms with Crippen LogP contribution in [0.15, 0.2) is 30.3 Å². The Kier molecular flexibility index (Phi) is 8.76. The van der Waals surface area contributed by atoms with E-state index in [1.807, 2.05) is 26.8 Å². The topological polar surface area (TPSA) is 56.3 Å². The Labute approximate surface area is 181 Å². The summed E-state index contributed by atoms with van der Waals surface area (Å²) < 4.78 is 5.49. The average molecular weight is 410 g/mol. The van der Waals surface area contributed by atoms with Crippen LogP contribution in [-0.2, 0) is 16.0 Å². The Hall–Kier alpha value is -2.49. The Morgan fingerprint density at radius 1 is 1.13 bits per heavy atom. The van der Waals surface area contributed by atoms with Crippen molar-refractivity contribution in [2.45, 2.75) is 66.7 Å². The van der Waals surface area contributed by atoms with Gasteiger partial charge >= 0.3 is 5.97 Å². The van der Waals surface area contributed by atoms with Crippen molar-refractivity contribution in [3.05, 3.63) is 64.0 Å². The van der Waals surface area contributed by atoms with Crippen LogP contribution in [0.25, 0.3) is 0 Å². The minimum atomic E-state index is -0.315. The number of aryl methyl sites for hydroxylation is 2. The zero-order valence-electron chi connectivity index (χ0n) is 19.2. The van der Waals surface area contributed by atoms with E-state index >= 15 is 0 Å². The van der Waals surface area contributed by atoms with E-state index in [1.54, 1.807) is 6.07 Å². The van der Waals surface area contributed by atoms with Gasteiger partial charge in [0.15, 0.2) is 6.29 Å². The van der Waals surface area contributed by atoms with Crippen LogP contribution in [0.1, 0.15) is 84.9 Å². The molecule has 2 rings (SSSR count). The van der Waals surface area contributed by atoms with Crippen LogP contribution in [0.4, 0.5) is 0 Å². The third-order valence-corrected chi connectivity index (χ3v) is 5.44. The van der Waals surface area contributed by atoms with Crippen LogP contribution in [-0.4, -0.2) is 23.8 Å². The number of carbonyl (C=O) groups is 2. The second kappa shape index (κ2) is 11.1. The number of hydrogen-bond acceptors (Lipinski definition) is 4. The number of aromatic nitrogens is 1. The Morgan fingerprint density at radius 2 is 1.87 bits per heavy atom. The summed E-state index contributed by atoms with van der Waals surface area (Å²) in [5, 5.41) is 0. The van der Waals surface area contributed by atoms with Crippen LogP contribution in [0.3, 0.4) is 0 Å². The van der Waals surface area contributed by atoms with Crippen molar-refractivity contribution >= 4 is 12.3 Å². The van der Waals surface area contributed by atoms with E-state index in [0.717, 1.165) is 30.4 Å². The molecule has 0 saturated heterocycles. The number of nitrogens with zero attached hydrogens (tertiary/aromatic N) is 1. The number of rotatable bonds is 10. The third-order valence-electron chi connectivity index (χ3n) is 5.44. The second-order valence-corrected chi connectivity index (χ2v) is 8.80. The predicted molar refractivity (Wildman–Crippen MR) is 121 cm³/mol. The number of hydrogen-bond donors (Lipinski definition) is 0. The molecule has 0 radical (unpaired) electrons. The highest BCUT2D eigenvalue weighted by Gasteiger charge is 2.26. The van der Waals surface area contributed by atoms with Crippen LogP contribution >= 0.6 is 0 Å². The number of carbonyl (C=O) groups excluding carboxylic acids is 2. The van der Waals surface area contributed by atoms with Crippen molar-refractivity contribution in [1.82, 2.24) is 4.98 Å². The fraction of sp³-hybridized carbons (Fsp3) is 0.500. The lowest BCUT2D eigenvalue weighted by Gasteiger charge is -2.23. The summed E-state index contributed by atoms with van der Waals surface area (Å²) in [4.78, 5) is 29.2. The number of ether oxygens (including phenoxy) is 1. The lowest BCUT2D eigenvalue weighted by atomic mass is 9.83. The molecule has 0 bridgehead atoms.